The molecular formula is C15H22N4O. The van der Waals surface area contributed by atoms with Crippen molar-refractivity contribution in [2.45, 2.75) is 26.2 Å². The minimum Gasteiger partial charge on any atom is -0.399 e. The maximum atomic E-state index is 5.81. The number of benzene rings is 1. The van der Waals surface area contributed by atoms with Crippen LogP contribution in [0.25, 0.3) is 10.9 Å². The average molecular weight is 274 g/mol. The van der Waals surface area contributed by atoms with Crippen LogP contribution in [0.3, 0.4) is 0 Å². The molecule has 3 N–H and O–H groups in total. The fourth-order valence-electron chi connectivity index (χ4n) is 1.94. The zero-order chi connectivity index (χ0) is 14.2. The van der Waals surface area contributed by atoms with Crippen LogP contribution in [-0.2, 0) is 4.74 Å². The van der Waals surface area contributed by atoms with Crippen LogP contribution in [0.5, 0.6) is 0 Å². The van der Waals surface area contributed by atoms with Crippen LogP contribution in [0.4, 0.5) is 11.5 Å². The quantitative estimate of drug-likeness (QED) is 0.572. The van der Waals surface area contributed by atoms with Crippen molar-refractivity contribution in [2.24, 2.45) is 0 Å². The summed E-state index contributed by atoms with van der Waals surface area (Å²) in [6.45, 7) is 4.62. The Morgan fingerprint density at radius 1 is 1.20 bits per heavy atom. The lowest BCUT2D eigenvalue weighted by Gasteiger charge is -2.09. The van der Waals surface area contributed by atoms with Gasteiger partial charge in [-0.15, -0.1) is 0 Å². The van der Waals surface area contributed by atoms with Gasteiger partial charge in [-0.25, -0.2) is 9.97 Å². The van der Waals surface area contributed by atoms with E-state index in [9.17, 15) is 0 Å². The number of fused-ring (bicyclic) bond motifs is 1. The number of hydrogen-bond acceptors (Lipinski definition) is 5. The summed E-state index contributed by atoms with van der Waals surface area (Å²) in [5.74, 6) is 0.829. The number of nitrogen functional groups attached to an aromatic ring is 1. The van der Waals surface area contributed by atoms with Crippen molar-refractivity contribution >= 4 is 22.4 Å². The highest BCUT2D eigenvalue weighted by Crippen LogP contribution is 2.21. The highest BCUT2D eigenvalue weighted by molar-refractivity contribution is 5.91. The number of rotatable bonds is 8. The molecule has 0 amide bonds. The molecule has 0 fully saturated rings. The van der Waals surface area contributed by atoms with Gasteiger partial charge in [0, 0.05) is 30.8 Å². The van der Waals surface area contributed by atoms with Gasteiger partial charge in [-0.1, -0.05) is 13.3 Å². The van der Waals surface area contributed by atoms with Crippen molar-refractivity contribution in [1.29, 1.82) is 0 Å². The highest BCUT2D eigenvalue weighted by Gasteiger charge is 2.03. The maximum Gasteiger partial charge on any atom is 0.137 e. The van der Waals surface area contributed by atoms with Crippen LogP contribution >= 0.6 is 0 Å². The Balaban J connectivity index is 1.85. The van der Waals surface area contributed by atoms with E-state index in [-0.39, 0.29) is 0 Å². The third kappa shape index (κ3) is 4.06. The molecule has 0 unspecified atom stereocenters. The Morgan fingerprint density at radius 3 is 2.90 bits per heavy atom. The zero-order valence-corrected chi connectivity index (χ0v) is 11.9. The van der Waals surface area contributed by atoms with Crippen molar-refractivity contribution in [3.63, 3.8) is 0 Å². The average Bonchev–Trinajstić information content (AvgIpc) is 2.46. The van der Waals surface area contributed by atoms with Gasteiger partial charge in [0.15, 0.2) is 0 Å². The van der Waals surface area contributed by atoms with E-state index in [0.29, 0.717) is 0 Å². The third-order valence-electron chi connectivity index (χ3n) is 3.06. The lowest BCUT2D eigenvalue weighted by atomic mass is 10.2. The van der Waals surface area contributed by atoms with Crippen LogP contribution in [0.1, 0.15) is 26.2 Å². The summed E-state index contributed by atoms with van der Waals surface area (Å²) in [5, 5.41) is 4.28. The summed E-state index contributed by atoms with van der Waals surface area (Å²) < 4.78 is 5.53. The second-order valence-corrected chi connectivity index (χ2v) is 4.75. The first kappa shape index (κ1) is 14.5. The summed E-state index contributed by atoms with van der Waals surface area (Å²) >= 11 is 0. The lowest BCUT2D eigenvalue weighted by Crippen LogP contribution is -2.08. The molecule has 1 aromatic heterocycles. The number of anilines is 2. The van der Waals surface area contributed by atoms with E-state index in [2.05, 4.69) is 22.2 Å². The topological polar surface area (TPSA) is 73.1 Å². The fourth-order valence-corrected chi connectivity index (χ4v) is 1.94. The standard InChI is InChI=1S/C15H22N4O/c1-2-3-8-20-9-4-7-17-15-13-10-12(16)5-6-14(13)18-11-19-15/h5-6,10-11H,2-4,7-9,16H2,1H3,(H,17,18,19). The number of unbranched alkanes of at least 4 members (excludes halogenated alkanes) is 1. The molecule has 2 aromatic rings. The molecule has 20 heavy (non-hydrogen) atoms. The number of nitrogens with two attached hydrogens (primary N) is 1. The molecule has 0 aliphatic rings. The van der Waals surface area contributed by atoms with E-state index in [1.54, 1.807) is 6.33 Å². The Kier molecular flexibility index (Phi) is 5.55. The minimum atomic E-state index is 0.721. The van der Waals surface area contributed by atoms with Crippen molar-refractivity contribution in [3.05, 3.63) is 24.5 Å². The summed E-state index contributed by atoms with van der Waals surface area (Å²) in [4.78, 5) is 8.51. The van der Waals surface area contributed by atoms with Crippen molar-refractivity contribution in [2.75, 3.05) is 30.8 Å². The van der Waals surface area contributed by atoms with Crippen LogP contribution in [-0.4, -0.2) is 29.7 Å². The molecule has 5 heteroatoms. The number of nitrogens with zero attached hydrogens (tertiary/aromatic N) is 2. The molecule has 1 aromatic carbocycles. The molecule has 2 rings (SSSR count). The first-order chi connectivity index (χ1) is 9.81. The van der Waals surface area contributed by atoms with Crippen LogP contribution in [0, 0.1) is 0 Å². The van der Waals surface area contributed by atoms with Gasteiger partial charge < -0.3 is 15.8 Å². The zero-order valence-electron chi connectivity index (χ0n) is 11.9. The Hall–Kier alpha value is -1.88. The second-order valence-electron chi connectivity index (χ2n) is 4.75. The third-order valence-corrected chi connectivity index (χ3v) is 3.06. The highest BCUT2D eigenvalue weighted by atomic mass is 16.5. The van der Waals surface area contributed by atoms with Gasteiger partial charge in [0.2, 0.25) is 0 Å². The van der Waals surface area contributed by atoms with E-state index in [1.807, 2.05) is 18.2 Å². The van der Waals surface area contributed by atoms with Gasteiger partial charge in [-0.05, 0) is 31.0 Å². The molecule has 0 spiro atoms. The molecule has 0 saturated heterocycles. The molecule has 0 saturated carbocycles. The maximum absolute atomic E-state index is 5.81. The summed E-state index contributed by atoms with van der Waals surface area (Å²) in [6, 6.07) is 5.65. The van der Waals surface area contributed by atoms with Gasteiger partial charge in [-0.2, -0.15) is 0 Å². The molecule has 0 bridgehead atoms. The van der Waals surface area contributed by atoms with Gasteiger partial charge in [0.1, 0.15) is 12.1 Å². The van der Waals surface area contributed by atoms with Crippen molar-refractivity contribution < 1.29 is 4.74 Å². The number of ether oxygens (including phenoxy) is 1. The fraction of sp³-hybridized carbons (Fsp3) is 0.467. The van der Waals surface area contributed by atoms with Crippen LogP contribution < -0.4 is 11.1 Å². The van der Waals surface area contributed by atoms with Crippen LogP contribution in [0.2, 0.25) is 0 Å². The predicted octanol–water partition coefficient (Wildman–Crippen LogP) is 2.83. The molecule has 0 aliphatic carbocycles. The van der Waals surface area contributed by atoms with E-state index in [4.69, 9.17) is 10.5 Å². The minimum absolute atomic E-state index is 0.721. The summed E-state index contributed by atoms with van der Waals surface area (Å²) in [7, 11) is 0. The first-order valence-corrected chi connectivity index (χ1v) is 7.13. The molecule has 108 valence electrons. The molecule has 0 aliphatic heterocycles. The Bertz CT molecular complexity index is 544. The predicted molar refractivity (Wildman–Crippen MR) is 82.8 cm³/mol. The monoisotopic (exact) mass is 274 g/mol. The van der Waals surface area contributed by atoms with E-state index in [1.165, 1.54) is 6.42 Å². The van der Waals surface area contributed by atoms with Gasteiger partial charge in [-0.3, -0.25) is 0 Å². The normalized spacial score (nSPS) is 10.8. The molecule has 1 heterocycles. The number of nitrogens with one attached hydrogen (secondary N) is 1. The SMILES string of the molecule is CCCCOCCCNc1ncnc2ccc(N)cc12. The van der Waals surface area contributed by atoms with E-state index < -0.39 is 0 Å². The molecule has 0 atom stereocenters. The van der Waals surface area contributed by atoms with E-state index in [0.717, 1.165) is 55.0 Å². The smallest absolute Gasteiger partial charge is 0.137 e. The van der Waals surface area contributed by atoms with Crippen molar-refractivity contribution in [3.8, 4) is 0 Å². The molecule has 0 radical (unpaired) electrons. The summed E-state index contributed by atoms with van der Waals surface area (Å²) in [6.07, 6.45) is 4.83. The molecular weight excluding hydrogens is 252 g/mol. The largest absolute Gasteiger partial charge is 0.399 e. The second kappa shape index (κ2) is 7.65. The van der Waals surface area contributed by atoms with E-state index >= 15 is 0 Å². The van der Waals surface area contributed by atoms with Gasteiger partial charge in [0.05, 0.1) is 5.52 Å². The van der Waals surface area contributed by atoms with Gasteiger partial charge >= 0.3 is 0 Å². The summed E-state index contributed by atoms with van der Waals surface area (Å²) in [5.41, 5.74) is 7.43. The number of aromatic nitrogens is 2. The Labute approximate surface area is 119 Å². The lowest BCUT2D eigenvalue weighted by molar-refractivity contribution is 0.131. The molecule has 5 nitrogen and oxygen atoms in total. The Morgan fingerprint density at radius 2 is 2.05 bits per heavy atom. The van der Waals surface area contributed by atoms with Crippen molar-refractivity contribution in [1.82, 2.24) is 9.97 Å². The van der Waals surface area contributed by atoms with Crippen LogP contribution in [0.15, 0.2) is 24.5 Å². The number of hydrogen-bond donors (Lipinski definition) is 2. The first-order valence-electron chi connectivity index (χ1n) is 7.13. The van der Waals surface area contributed by atoms with Gasteiger partial charge in [0.25, 0.3) is 0 Å².